The molecule has 4 nitrogen and oxygen atoms in total. The molecule has 5 heteroatoms. The number of ether oxygens (including phenoxy) is 1. The highest BCUT2D eigenvalue weighted by molar-refractivity contribution is 6.17. The molecular formula is C11H19ClO4. The maximum atomic E-state index is 11.9. The van der Waals surface area contributed by atoms with Crippen LogP contribution in [0, 0.1) is 5.41 Å². The van der Waals surface area contributed by atoms with E-state index in [1.54, 1.807) is 13.8 Å². The van der Waals surface area contributed by atoms with Crippen LogP contribution in [0.2, 0.25) is 0 Å². The van der Waals surface area contributed by atoms with Crippen molar-refractivity contribution in [2.75, 3.05) is 12.5 Å². The molecule has 0 aliphatic carbocycles. The van der Waals surface area contributed by atoms with Gasteiger partial charge < -0.3 is 14.9 Å². The van der Waals surface area contributed by atoms with Gasteiger partial charge in [-0.15, -0.1) is 11.6 Å². The zero-order valence-electron chi connectivity index (χ0n) is 9.65. The second-order valence-corrected chi connectivity index (χ2v) is 5.09. The normalized spacial score (nSPS) is 34.1. The Morgan fingerprint density at radius 3 is 2.62 bits per heavy atom. The molecule has 3 atom stereocenters. The van der Waals surface area contributed by atoms with Crippen molar-refractivity contribution in [1.82, 2.24) is 0 Å². The Hall–Kier alpha value is -0.160. The van der Waals surface area contributed by atoms with Crippen LogP contribution < -0.4 is 0 Å². The number of ketones is 1. The monoisotopic (exact) mass is 250 g/mol. The highest BCUT2D eigenvalue weighted by Gasteiger charge is 2.48. The third kappa shape index (κ3) is 2.56. The van der Waals surface area contributed by atoms with Crippen molar-refractivity contribution in [2.24, 2.45) is 5.41 Å². The van der Waals surface area contributed by atoms with E-state index >= 15 is 0 Å². The summed E-state index contributed by atoms with van der Waals surface area (Å²) in [7, 11) is 0. The number of aliphatic hydroxyl groups is 2. The molecule has 1 rings (SSSR count). The Balaban J connectivity index is 2.78. The van der Waals surface area contributed by atoms with Crippen molar-refractivity contribution >= 4 is 17.4 Å². The van der Waals surface area contributed by atoms with Crippen LogP contribution in [0.1, 0.15) is 26.7 Å². The summed E-state index contributed by atoms with van der Waals surface area (Å²) in [5.41, 5.74) is -0.725. The molecule has 0 bridgehead atoms. The summed E-state index contributed by atoms with van der Waals surface area (Å²) in [4.78, 5) is 11.9. The van der Waals surface area contributed by atoms with E-state index < -0.39 is 17.6 Å². The Kier molecular flexibility index (Phi) is 4.73. The number of hydrogen-bond donors (Lipinski definition) is 2. The van der Waals surface area contributed by atoms with E-state index in [9.17, 15) is 9.90 Å². The van der Waals surface area contributed by atoms with Gasteiger partial charge in [0.2, 0.25) is 0 Å². The molecule has 0 amide bonds. The number of alkyl halides is 1. The zero-order valence-corrected chi connectivity index (χ0v) is 10.4. The second kappa shape index (κ2) is 5.45. The fourth-order valence-electron chi connectivity index (χ4n) is 2.00. The van der Waals surface area contributed by atoms with E-state index in [0.29, 0.717) is 12.3 Å². The first kappa shape index (κ1) is 13.9. The van der Waals surface area contributed by atoms with Gasteiger partial charge in [0.05, 0.1) is 18.1 Å². The summed E-state index contributed by atoms with van der Waals surface area (Å²) in [5, 5.41) is 18.7. The maximum Gasteiger partial charge on any atom is 0.172 e. The van der Waals surface area contributed by atoms with Crippen LogP contribution in [-0.4, -0.2) is 46.8 Å². The molecule has 2 N–H and O–H groups in total. The van der Waals surface area contributed by atoms with Crippen LogP contribution >= 0.6 is 11.6 Å². The highest BCUT2D eigenvalue weighted by atomic mass is 35.5. The van der Waals surface area contributed by atoms with Gasteiger partial charge in [-0.3, -0.25) is 4.79 Å². The van der Waals surface area contributed by atoms with E-state index in [1.165, 1.54) is 0 Å². The highest BCUT2D eigenvalue weighted by Crippen LogP contribution is 2.35. The predicted octanol–water partition coefficient (Wildman–Crippen LogP) is 0.721. The summed E-state index contributed by atoms with van der Waals surface area (Å²) in [5.74, 6) is 0.244. The van der Waals surface area contributed by atoms with Crippen molar-refractivity contribution in [3.8, 4) is 0 Å². The topological polar surface area (TPSA) is 66.8 Å². The van der Waals surface area contributed by atoms with E-state index in [2.05, 4.69) is 0 Å². The second-order valence-electron chi connectivity index (χ2n) is 4.71. The molecule has 0 aromatic carbocycles. The number of halogens is 1. The molecule has 0 spiro atoms. The lowest BCUT2D eigenvalue weighted by Gasteiger charge is -2.43. The lowest BCUT2D eigenvalue weighted by molar-refractivity contribution is -0.191. The molecule has 0 aromatic rings. The molecule has 1 aliphatic rings. The third-order valence-corrected chi connectivity index (χ3v) is 3.45. The molecule has 0 saturated carbocycles. The Labute approximate surface area is 101 Å². The van der Waals surface area contributed by atoms with Crippen molar-refractivity contribution < 1.29 is 19.7 Å². The predicted molar refractivity (Wildman–Crippen MR) is 60.5 cm³/mol. The van der Waals surface area contributed by atoms with Gasteiger partial charge >= 0.3 is 0 Å². The van der Waals surface area contributed by atoms with Gasteiger partial charge in [0.15, 0.2) is 5.78 Å². The van der Waals surface area contributed by atoms with Gasteiger partial charge in [0.1, 0.15) is 12.2 Å². The summed E-state index contributed by atoms with van der Waals surface area (Å²) in [6.07, 6.45) is -0.921. The van der Waals surface area contributed by atoms with Gasteiger partial charge in [-0.05, 0) is 12.8 Å². The average Bonchev–Trinajstić information content (AvgIpc) is 2.25. The minimum atomic E-state index is -1.23. The largest absolute Gasteiger partial charge is 0.394 e. The number of aliphatic hydroxyl groups excluding tert-OH is 2. The molecule has 1 saturated heterocycles. The van der Waals surface area contributed by atoms with Gasteiger partial charge in [0, 0.05) is 5.88 Å². The lowest BCUT2D eigenvalue weighted by Crippen LogP contribution is -2.57. The number of carbonyl (C=O) groups excluding carboxylic acids is 1. The van der Waals surface area contributed by atoms with Crippen molar-refractivity contribution in [3.63, 3.8) is 0 Å². The average molecular weight is 251 g/mol. The molecule has 94 valence electrons. The zero-order chi connectivity index (χ0) is 12.3. The van der Waals surface area contributed by atoms with Gasteiger partial charge in [-0.2, -0.15) is 0 Å². The Bertz CT molecular complexity index is 254. The van der Waals surface area contributed by atoms with Crippen LogP contribution in [0.15, 0.2) is 0 Å². The molecule has 1 heterocycles. The fourth-order valence-corrected chi connectivity index (χ4v) is 2.15. The molecule has 1 fully saturated rings. The third-order valence-electron chi connectivity index (χ3n) is 3.18. The molecule has 16 heavy (non-hydrogen) atoms. The number of hydrogen-bond acceptors (Lipinski definition) is 4. The van der Waals surface area contributed by atoms with Crippen molar-refractivity contribution in [1.29, 1.82) is 0 Å². The number of carbonyl (C=O) groups is 1. The number of rotatable bonds is 4. The molecular weight excluding hydrogens is 232 g/mol. The van der Waals surface area contributed by atoms with Crippen LogP contribution in [0.3, 0.4) is 0 Å². The van der Waals surface area contributed by atoms with Gasteiger partial charge in [0.25, 0.3) is 0 Å². The maximum absolute atomic E-state index is 11.9. The van der Waals surface area contributed by atoms with E-state index in [0.717, 1.165) is 6.42 Å². The first-order chi connectivity index (χ1) is 7.45. The van der Waals surface area contributed by atoms with Gasteiger partial charge in [-0.1, -0.05) is 13.8 Å². The molecule has 0 unspecified atom stereocenters. The number of Topliss-reactive ketones (excluding diaryl/α,β-unsaturated/α-hetero) is 1. The van der Waals surface area contributed by atoms with Crippen molar-refractivity contribution in [3.05, 3.63) is 0 Å². The van der Waals surface area contributed by atoms with Crippen LogP contribution in [-0.2, 0) is 9.53 Å². The molecule has 0 aromatic heterocycles. The van der Waals surface area contributed by atoms with E-state index in [-0.39, 0.29) is 18.5 Å². The SMILES string of the molecule is CC1(C)C(=O)[C@@H](O)[C@@H](CO)O[C@@H]1CCCCl. The summed E-state index contributed by atoms with van der Waals surface area (Å²) < 4.78 is 5.56. The summed E-state index contributed by atoms with van der Waals surface area (Å²) >= 11 is 5.61. The lowest BCUT2D eigenvalue weighted by atomic mass is 9.75. The van der Waals surface area contributed by atoms with Gasteiger partial charge in [-0.25, -0.2) is 0 Å². The summed E-state index contributed by atoms with van der Waals surface area (Å²) in [6, 6.07) is 0. The van der Waals surface area contributed by atoms with E-state index in [4.69, 9.17) is 21.4 Å². The fraction of sp³-hybridized carbons (Fsp3) is 0.909. The minimum absolute atomic E-state index is 0.266. The standard InChI is InChI=1S/C11H19ClO4/c1-11(2)8(4-3-5-12)16-7(6-13)9(14)10(11)15/h7-9,13-14H,3-6H2,1-2H3/t7-,8-,9+/m1/s1. The van der Waals surface area contributed by atoms with Crippen LogP contribution in [0.5, 0.6) is 0 Å². The first-order valence-electron chi connectivity index (χ1n) is 5.49. The smallest absolute Gasteiger partial charge is 0.172 e. The van der Waals surface area contributed by atoms with Crippen molar-refractivity contribution in [2.45, 2.75) is 45.0 Å². The quantitative estimate of drug-likeness (QED) is 0.722. The molecule has 1 aliphatic heterocycles. The van der Waals surface area contributed by atoms with Crippen LogP contribution in [0.25, 0.3) is 0 Å². The van der Waals surface area contributed by atoms with Crippen LogP contribution in [0.4, 0.5) is 0 Å². The first-order valence-corrected chi connectivity index (χ1v) is 6.03. The Morgan fingerprint density at radius 2 is 2.12 bits per heavy atom. The Morgan fingerprint density at radius 1 is 1.50 bits per heavy atom. The minimum Gasteiger partial charge on any atom is -0.394 e. The summed E-state index contributed by atoms with van der Waals surface area (Å²) in [6.45, 7) is 3.16. The molecule has 0 radical (unpaired) electrons. The van der Waals surface area contributed by atoms with E-state index in [1.807, 2.05) is 0 Å².